The summed E-state index contributed by atoms with van der Waals surface area (Å²) in [6.07, 6.45) is 0. The third kappa shape index (κ3) is 6.75. The third-order valence-electron chi connectivity index (χ3n) is 3.00. The summed E-state index contributed by atoms with van der Waals surface area (Å²) in [6, 6.07) is 12.3. The number of benzene rings is 1. The van der Waals surface area contributed by atoms with Crippen LogP contribution in [-0.2, 0) is 16.6 Å². The zero-order chi connectivity index (χ0) is 16.5. The lowest BCUT2D eigenvalue weighted by molar-refractivity contribution is 0.580. The lowest BCUT2D eigenvalue weighted by atomic mass is 10.4. The van der Waals surface area contributed by atoms with E-state index in [2.05, 4.69) is 20.3 Å². The Bertz CT molecular complexity index is 719. The molecule has 0 atom stereocenters. The number of hydrogen-bond acceptors (Lipinski definition) is 4. The van der Waals surface area contributed by atoms with Gasteiger partial charge in [0, 0.05) is 25.0 Å². The van der Waals surface area contributed by atoms with Gasteiger partial charge < -0.3 is 10.6 Å². The fourth-order valence-electron chi connectivity index (χ4n) is 1.85. The van der Waals surface area contributed by atoms with Gasteiger partial charge in [-0.2, -0.15) is 0 Å². The fourth-order valence-corrected chi connectivity index (χ4v) is 3.55. The lowest BCUT2D eigenvalue weighted by Crippen LogP contribution is -2.41. The highest BCUT2D eigenvalue weighted by Gasteiger charge is 2.11. The molecule has 1 heterocycles. The Morgan fingerprint density at radius 3 is 2.46 bits per heavy atom. The van der Waals surface area contributed by atoms with E-state index < -0.39 is 10.0 Å². The van der Waals surface area contributed by atoms with Crippen molar-refractivity contribution < 1.29 is 8.42 Å². The molecule has 9 heteroatoms. The average molecular weight is 480 g/mol. The van der Waals surface area contributed by atoms with Gasteiger partial charge in [0.15, 0.2) is 5.96 Å². The van der Waals surface area contributed by atoms with Crippen LogP contribution in [0.15, 0.2) is 57.7 Å². The molecule has 0 aliphatic carbocycles. The van der Waals surface area contributed by atoms with Crippen LogP contribution in [0.3, 0.4) is 0 Å². The zero-order valence-electron chi connectivity index (χ0n) is 13.2. The smallest absolute Gasteiger partial charge is 0.240 e. The van der Waals surface area contributed by atoms with Gasteiger partial charge in [-0.05, 0) is 23.6 Å². The van der Waals surface area contributed by atoms with Gasteiger partial charge in [0.25, 0.3) is 0 Å². The van der Waals surface area contributed by atoms with Crippen LogP contribution in [0.2, 0.25) is 0 Å². The van der Waals surface area contributed by atoms with Crippen LogP contribution in [0.4, 0.5) is 0 Å². The Kier molecular flexibility index (Phi) is 9.26. The second-order valence-corrected chi connectivity index (χ2v) is 7.44. The molecule has 1 aromatic carbocycles. The quantitative estimate of drug-likeness (QED) is 0.245. The molecule has 3 N–H and O–H groups in total. The van der Waals surface area contributed by atoms with Gasteiger partial charge in [-0.3, -0.25) is 4.99 Å². The number of halogens is 1. The van der Waals surface area contributed by atoms with Crippen molar-refractivity contribution >= 4 is 51.3 Å². The Balaban J connectivity index is 0.00000288. The number of nitrogens with zero attached hydrogens (tertiary/aromatic N) is 1. The molecule has 0 fully saturated rings. The van der Waals surface area contributed by atoms with E-state index in [0.29, 0.717) is 19.0 Å². The predicted octanol–water partition coefficient (Wildman–Crippen LogP) is 2.01. The van der Waals surface area contributed by atoms with E-state index in [9.17, 15) is 8.42 Å². The van der Waals surface area contributed by atoms with Crippen molar-refractivity contribution in [3.05, 3.63) is 52.7 Å². The Morgan fingerprint density at radius 2 is 1.83 bits per heavy atom. The van der Waals surface area contributed by atoms with E-state index in [1.165, 1.54) is 4.88 Å². The number of hydrogen-bond donors (Lipinski definition) is 3. The summed E-state index contributed by atoms with van der Waals surface area (Å²) in [7, 11) is -1.78. The zero-order valence-corrected chi connectivity index (χ0v) is 17.2. The molecule has 2 aromatic rings. The first kappa shape index (κ1) is 20.9. The van der Waals surface area contributed by atoms with Crippen molar-refractivity contribution in [1.82, 2.24) is 15.4 Å². The van der Waals surface area contributed by atoms with Gasteiger partial charge in [0.05, 0.1) is 11.4 Å². The molecule has 2 rings (SSSR count). The normalized spacial score (nSPS) is 11.6. The van der Waals surface area contributed by atoms with E-state index in [1.54, 1.807) is 48.7 Å². The number of rotatable bonds is 7. The molecule has 0 saturated carbocycles. The van der Waals surface area contributed by atoms with Crippen LogP contribution in [0.1, 0.15) is 4.88 Å². The molecule has 132 valence electrons. The number of sulfonamides is 1. The summed E-state index contributed by atoms with van der Waals surface area (Å²) < 4.78 is 26.6. The number of guanidine groups is 1. The highest BCUT2D eigenvalue weighted by atomic mass is 127. The van der Waals surface area contributed by atoms with Crippen LogP contribution in [-0.4, -0.2) is 34.5 Å². The van der Waals surface area contributed by atoms with E-state index in [-0.39, 0.29) is 35.4 Å². The summed E-state index contributed by atoms with van der Waals surface area (Å²) in [5.74, 6) is 0.636. The highest BCUT2D eigenvalue weighted by Crippen LogP contribution is 2.07. The standard InChI is InChI=1S/C15H20N4O2S2.HI/c1-16-15(18-12-13-6-5-11-22-13)17-9-10-19-23(20,21)14-7-3-2-4-8-14;/h2-8,11,19H,9-10,12H2,1H3,(H2,16,17,18);1H. The largest absolute Gasteiger partial charge is 0.355 e. The van der Waals surface area contributed by atoms with Crippen LogP contribution in [0.25, 0.3) is 0 Å². The molecular formula is C15H21IN4O2S2. The molecule has 6 nitrogen and oxygen atoms in total. The number of thiophene rings is 1. The number of nitrogens with one attached hydrogen (secondary N) is 3. The molecule has 0 spiro atoms. The second kappa shape index (κ2) is 10.6. The minimum Gasteiger partial charge on any atom is -0.355 e. The molecule has 0 saturated heterocycles. The first-order valence-electron chi connectivity index (χ1n) is 7.13. The second-order valence-electron chi connectivity index (χ2n) is 4.64. The maximum Gasteiger partial charge on any atom is 0.240 e. The Hall–Kier alpha value is -1.17. The van der Waals surface area contributed by atoms with Gasteiger partial charge >= 0.3 is 0 Å². The maximum atomic E-state index is 12.0. The van der Waals surface area contributed by atoms with Crippen molar-refractivity contribution in [2.75, 3.05) is 20.1 Å². The third-order valence-corrected chi connectivity index (χ3v) is 5.35. The van der Waals surface area contributed by atoms with Crippen molar-refractivity contribution in [3.8, 4) is 0 Å². The predicted molar refractivity (Wildman–Crippen MR) is 110 cm³/mol. The van der Waals surface area contributed by atoms with Crippen molar-refractivity contribution in [3.63, 3.8) is 0 Å². The van der Waals surface area contributed by atoms with Crippen molar-refractivity contribution in [2.24, 2.45) is 4.99 Å². The fraction of sp³-hybridized carbons (Fsp3) is 0.267. The SMILES string of the molecule is CN=C(NCCNS(=O)(=O)c1ccccc1)NCc1cccs1.I. The molecule has 0 amide bonds. The van der Waals surface area contributed by atoms with Crippen molar-refractivity contribution in [2.45, 2.75) is 11.4 Å². The lowest BCUT2D eigenvalue weighted by Gasteiger charge is -2.12. The van der Waals surface area contributed by atoms with Gasteiger partial charge in [0.2, 0.25) is 10.0 Å². The monoisotopic (exact) mass is 480 g/mol. The molecule has 0 aliphatic rings. The van der Waals surface area contributed by atoms with Gasteiger partial charge in [-0.1, -0.05) is 24.3 Å². The van der Waals surface area contributed by atoms with Crippen LogP contribution < -0.4 is 15.4 Å². The Labute approximate surface area is 163 Å². The molecule has 0 radical (unpaired) electrons. The average Bonchev–Trinajstić information content (AvgIpc) is 3.08. The first-order chi connectivity index (χ1) is 11.1. The summed E-state index contributed by atoms with van der Waals surface area (Å²) in [6.45, 7) is 1.40. The molecule has 0 unspecified atom stereocenters. The van der Waals surface area contributed by atoms with Crippen molar-refractivity contribution in [1.29, 1.82) is 0 Å². The van der Waals surface area contributed by atoms with Crippen LogP contribution in [0.5, 0.6) is 0 Å². The van der Waals surface area contributed by atoms with E-state index in [1.807, 2.05) is 17.5 Å². The highest BCUT2D eigenvalue weighted by molar-refractivity contribution is 14.0. The van der Waals surface area contributed by atoms with Gasteiger partial charge in [0.1, 0.15) is 0 Å². The van der Waals surface area contributed by atoms with E-state index >= 15 is 0 Å². The van der Waals surface area contributed by atoms with Crippen LogP contribution >= 0.6 is 35.3 Å². The van der Waals surface area contributed by atoms with Gasteiger partial charge in [-0.15, -0.1) is 35.3 Å². The minimum absolute atomic E-state index is 0. The molecule has 24 heavy (non-hydrogen) atoms. The van der Waals surface area contributed by atoms with Crippen LogP contribution in [0, 0.1) is 0 Å². The summed E-state index contributed by atoms with van der Waals surface area (Å²) in [5, 5.41) is 8.27. The van der Waals surface area contributed by atoms with E-state index in [4.69, 9.17) is 0 Å². The summed E-state index contributed by atoms with van der Waals surface area (Å²) in [4.78, 5) is 5.57. The molecule has 0 bridgehead atoms. The van der Waals surface area contributed by atoms with E-state index in [0.717, 1.165) is 0 Å². The summed E-state index contributed by atoms with van der Waals surface area (Å²) >= 11 is 1.67. The van der Waals surface area contributed by atoms with Gasteiger partial charge in [-0.25, -0.2) is 13.1 Å². The molecular weight excluding hydrogens is 459 g/mol. The first-order valence-corrected chi connectivity index (χ1v) is 9.50. The molecule has 0 aliphatic heterocycles. The minimum atomic E-state index is -3.46. The number of aliphatic imine (C=N–C) groups is 1. The summed E-state index contributed by atoms with van der Waals surface area (Å²) in [5.41, 5.74) is 0. The molecule has 1 aromatic heterocycles. The topological polar surface area (TPSA) is 82.6 Å². The Morgan fingerprint density at radius 1 is 1.08 bits per heavy atom. The maximum absolute atomic E-state index is 12.0.